The Morgan fingerprint density at radius 2 is 1.23 bits per heavy atom. The fourth-order valence-electron chi connectivity index (χ4n) is 5.52. The smallest absolute Gasteiger partial charge is 0.339 e. The molecule has 0 saturated heterocycles. The summed E-state index contributed by atoms with van der Waals surface area (Å²) in [5.74, 6) is -6.03. The van der Waals surface area contributed by atoms with Crippen molar-refractivity contribution in [3.8, 4) is 28.7 Å². The second-order valence-electron chi connectivity index (χ2n) is 12.7. The zero-order valence-electron chi connectivity index (χ0n) is 32.2. The molecule has 5 rings (SSSR count). The number of aromatic carboxylic acids is 1. The van der Waals surface area contributed by atoms with Gasteiger partial charge in [0.05, 0.1) is 43.0 Å². The van der Waals surface area contributed by atoms with Gasteiger partial charge in [0.15, 0.2) is 23.0 Å². The molecule has 0 saturated carbocycles. The standard InChI is InChI=1S/C42H38N6O12/c1-22(20-23-4-11-27(49)12-5-23)38(53)46-26-10-15-32(44-21-26)41(56)43-19-18-33(50)45-25-8-6-24(7-9-25)39(54)47-30-16-13-28(34(51)36(30)59-2)40(55)48-31-17-14-29(42(57)58)35(52)37(31)60-3/h4-17,20-21,49,51-52H,18-19H2,1-3H3,(H,43,56)(H,45,50)(H,46,53)(H,47,54)(H,48,55)(H,57,58)/b22-20+. The molecule has 5 amide bonds. The number of methoxy groups -OCH3 is 2. The number of benzene rings is 4. The summed E-state index contributed by atoms with van der Waals surface area (Å²) < 4.78 is 10.3. The van der Waals surface area contributed by atoms with Gasteiger partial charge in [0.1, 0.15) is 17.0 Å². The van der Waals surface area contributed by atoms with Gasteiger partial charge in [-0.2, -0.15) is 0 Å². The highest BCUT2D eigenvalue weighted by atomic mass is 16.5. The Hall–Kier alpha value is -8.41. The van der Waals surface area contributed by atoms with Crippen molar-refractivity contribution in [3.63, 3.8) is 0 Å². The Bertz CT molecular complexity index is 2490. The molecule has 0 atom stereocenters. The largest absolute Gasteiger partial charge is 0.508 e. The summed E-state index contributed by atoms with van der Waals surface area (Å²) in [4.78, 5) is 79.3. The van der Waals surface area contributed by atoms with Crippen molar-refractivity contribution in [3.05, 3.63) is 125 Å². The van der Waals surface area contributed by atoms with Crippen molar-refractivity contribution in [2.75, 3.05) is 42.0 Å². The first-order valence-corrected chi connectivity index (χ1v) is 17.8. The van der Waals surface area contributed by atoms with Gasteiger partial charge in [0.2, 0.25) is 5.91 Å². The SMILES string of the molecule is COc1c(NC(=O)c2ccc(NC(=O)c3ccc(NC(=O)CCNC(=O)c4ccc(NC(=O)/C(C)=C/c5ccc(O)cc5)cn4)cc3)c(OC)c2O)ccc(C(=O)O)c1O. The number of ether oxygens (including phenoxy) is 2. The van der Waals surface area contributed by atoms with E-state index in [-0.39, 0.29) is 64.3 Å². The van der Waals surface area contributed by atoms with Gasteiger partial charge in [0.25, 0.3) is 23.6 Å². The summed E-state index contributed by atoms with van der Waals surface area (Å²) in [6.07, 6.45) is 2.90. The molecule has 0 aliphatic carbocycles. The van der Waals surface area contributed by atoms with Gasteiger partial charge in [-0.15, -0.1) is 0 Å². The van der Waals surface area contributed by atoms with Gasteiger partial charge >= 0.3 is 5.97 Å². The number of amides is 5. The summed E-state index contributed by atoms with van der Waals surface area (Å²) in [5, 5.41) is 52.8. The van der Waals surface area contributed by atoms with Crippen LogP contribution in [0.5, 0.6) is 28.7 Å². The highest BCUT2D eigenvalue weighted by Crippen LogP contribution is 2.40. The number of carboxylic acids is 1. The Morgan fingerprint density at radius 1 is 0.650 bits per heavy atom. The zero-order valence-corrected chi connectivity index (χ0v) is 32.2. The lowest BCUT2D eigenvalue weighted by Crippen LogP contribution is -2.28. The third-order valence-electron chi connectivity index (χ3n) is 8.60. The van der Waals surface area contributed by atoms with Crippen LogP contribution in [0, 0.1) is 0 Å². The molecule has 308 valence electrons. The van der Waals surface area contributed by atoms with E-state index in [0.29, 0.717) is 16.9 Å². The lowest BCUT2D eigenvalue weighted by molar-refractivity contribution is -0.116. The number of rotatable bonds is 15. The molecule has 1 heterocycles. The number of nitrogens with zero attached hydrogens (tertiary/aromatic N) is 1. The summed E-state index contributed by atoms with van der Waals surface area (Å²) in [5.41, 5.74) is 1.30. The summed E-state index contributed by atoms with van der Waals surface area (Å²) in [6.45, 7) is 1.62. The summed E-state index contributed by atoms with van der Waals surface area (Å²) in [6, 6.07) is 19.9. The minimum Gasteiger partial charge on any atom is -0.508 e. The number of hydrogen-bond donors (Lipinski definition) is 9. The van der Waals surface area contributed by atoms with Crippen molar-refractivity contribution in [2.24, 2.45) is 0 Å². The third-order valence-corrected chi connectivity index (χ3v) is 8.60. The molecular formula is C42H38N6O12. The molecule has 0 bridgehead atoms. The van der Waals surface area contributed by atoms with Crippen LogP contribution >= 0.6 is 0 Å². The quantitative estimate of drug-likeness (QED) is 0.0614. The molecule has 4 aromatic carbocycles. The molecule has 60 heavy (non-hydrogen) atoms. The van der Waals surface area contributed by atoms with Crippen LogP contribution in [0.15, 0.2) is 96.7 Å². The number of hydrogen-bond acceptors (Lipinski definition) is 12. The van der Waals surface area contributed by atoms with E-state index in [1.54, 1.807) is 25.1 Å². The first-order valence-electron chi connectivity index (χ1n) is 17.8. The average molecular weight is 819 g/mol. The Labute approximate surface area is 341 Å². The number of anilines is 4. The molecule has 18 heteroatoms. The predicted octanol–water partition coefficient (Wildman–Crippen LogP) is 5.22. The number of carboxylic acid groups (broad SMARTS) is 1. The topological polar surface area (TPSA) is 275 Å². The number of aromatic nitrogens is 1. The molecule has 1 aromatic heterocycles. The second-order valence-corrected chi connectivity index (χ2v) is 12.7. The van der Waals surface area contributed by atoms with E-state index in [9.17, 15) is 49.2 Å². The van der Waals surface area contributed by atoms with E-state index in [0.717, 1.165) is 11.6 Å². The highest BCUT2D eigenvalue weighted by molar-refractivity contribution is 6.10. The molecule has 0 aliphatic rings. The van der Waals surface area contributed by atoms with Gasteiger partial charge in [-0.1, -0.05) is 12.1 Å². The highest BCUT2D eigenvalue weighted by Gasteiger charge is 2.24. The van der Waals surface area contributed by atoms with Crippen LogP contribution in [-0.2, 0) is 9.59 Å². The number of carbonyl (C=O) groups excluding carboxylic acids is 5. The van der Waals surface area contributed by atoms with Crippen LogP contribution in [0.2, 0.25) is 0 Å². The Balaban J connectivity index is 1.10. The van der Waals surface area contributed by atoms with E-state index in [4.69, 9.17) is 9.47 Å². The maximum Gasteiger partial charge on any atom is 0.339 e. The first-order chi connectivity index (χ1) is 28.7. The van der Waals surface area contributed by atoms with Gasteiger partial charge < -0.3 is 56.5 Å². The summed E-state index contributed by atoms with van der Waals surface area (Å²) >= 11 is 0. The van der Waals surface area contributed by atoms with Crippen LogP contribution < -0.4 is 36.1 Å². The predicted molar refractivity (Wildman–Crippen MR) is 219 cm³/mol. The van der Waals surface area contributed by atoms with Gasteiger partial charge in [-0.25, -0.2) is 9.78 Å². The van der Waals surface area contributed by atoms with E-state index in [2.05, 4.69) is 31.6 Å². The number of phenols is 3. The molecule has 0 radical (unpaired) electrons. The molecular weight excluding hydrogens is 780 g/mol. The normalized spacial score (nSPS) is 10.8. The van der Waals surface area contributed by atoms with E-state index in [1.807, 2.05) is 0 Å². The minimum atomic E-state index is -1.42. The monoisotopic (exact) mass is 818 g/mol. The first kappa shape index (κ1) is 42.7. The van der Waals surface area contributed by atoms with E-state index in [1.165, 1.54) is 87.1 Å². The Morgan fingerprint density at radius 3 is 1.82 bits per heavy atom. The maximum absolute atomic E-state index is 13.1. The molecule has 18 nitrogen and oxygen atoms in total. The number of aromatic hydroxyl groups is 3. The van der Waals surface area contributed by atoms with Crippen molar-refractivity contribution in [1.29, 1.82) is 0 Å². The average Bonchev–Trinajstić information content (AvgIpc) is 3.22. The lowest BCUT2D eigenvalue weighted by Gasteiger charge is -2.16. The number of pyridine rings is 1. The fraction of sp³-hybridized carbons (Fsp3) is 0.119. The van der Waals surface area contributed by atoms with Crippen molar-refractivity contribution in [2.45, 2.75) is 13.3 Å². The Kier molecular flexibility index (Phi) is 13.6. The van der Waals surface area contributed by atoms with Gasteiger partial charge in [-0.05, 0) is 91.4 Å². The number of nitrogens with one attached hydrogen (secondary N) is 5. The van der Waals surface area contributed by atoms with Crippen LogP contribution in [0.4, 0.5) is 22.7 Å². The molecule has 0 unspecified atom stereocenters. The minimum absolute atomic E-state index is 0.0145. The molecule has 0 spiro atoms. The van der Waals surface area contributed by atoms with E-state index < -0.39 is 46.7 Å². The second kappa shape index (κ2) is 19.2. The fourth-order valence-corrected chi connectivity index (χ4v) is 5.52. The van der Waals surface area contributed by atoms with Crippen LogP contribution in [0.25, 0.3) is 6.08 Å². The van der Waals surface area contributed by atoms with E-state index >= 15 is 0 Å². The molecule has 0 fully saturated rings. The number of phenolic OH excluding ortho intramolecular Hbond substituents is 2. The van der Waals surface area contributed by atoms with Crippen molar-refractivity contribution >= 4 is 64.3 Å². The van der Waals surface area contributed by atoms with Crippen molar-refractivity contribution in [1.82, 2.24) is 10.3 Å². The molecule has 0 aliphatic heterocycles. The lowest BCUT2D eigenvalue weighted by atomic mass is 10.1. The van der Waals surface area contributed by atoms with Gasteiger partial charge in [0, 0.05) is 29.8 Å². The molecule has 9 N–H and O–H groups in total. The number of carbonyl (C=O) groups is 6. The maximum atomic E-state index is 13.1. The van der Waals surface area contributed by atoms with Crippen LogP contribution in [0.1, 0.15) is 60.5 Å². The van der Waals surface area contributed by atoms with Crippen LogP contribution in [0.3, 0.4) is 0 Å². The van der Waals surface area contributed by atoms with Gasteiger partial charge in [-0.3, -0.25) is 24.0 Å². The van der Waals surface area contributed by atoms with Crippen molar-refractivity contribution < 1.29 is 58.7 Å². The summed E-state index contributed by atoms with van der Waals surface area (Å²) in [7, 11) is 2.38. The molecule has 5 aromatic rings. The van der Waals surface area contributed by atoms with Crippen LogP contribution in [-0.4, -0.2) is 81.7 Å². The third kappa shape index (κ3) is 10.5. The zero-order chi connectivity index (χ0) is 43.5.